The molecular formula is C21H34N4O6. The van der Waals surface area contributed by atoms with Gasteiger partial charge in [-0.3, -0.25) is 29.1 Å². The fraction of sp³-hybridized carbons (Fsp3) is 0.571. The van der Waals surface area contributed by atoms with E-state index < -0.39 is 0 Å². The number of nitrogens with one attached hydrogen (secondary N) is 1. The molecule has 0 saturated carbocycles. The molecule has 1 aromatic rings. The van der Waals surface area contributed by atoms with Crippen LogP contribution >= 0.6 is 0 Å². The van der Waals surface area contributed by atoms with Gasteiger partial charge in [-0.15, -0.1) is 0 Å². The van der Waals surface area contributed by atoms with Crippen LogP contribution in [0.3, 0.4) is 0 Å². The number of carboxylic acid groups (broad SMARTS) is 2. The zero-order chi connectivity index (χ0) is 22.9. The third-order valence-electron chi connectivity index (χ3n) is 5.32. The Morgan fingerprint density at radius 3 is 2.00 bits per heavy atom. The van der Waals surface area contributed by atoms with Gasteiger partial charge in [0.15, 0.2) is 0 Å². The molecule has 1 amide bonds. The van der Waals surface area contributed by atoms with Crippen molar-refractivity contribution < 1.29 is 29.7 Å². The summed E-state index contributed by atoms with van der Waals surface area (Å²) < 4.78 is 0. The molecule has 174 valence electrons. The van der Waals surface area contributed by atoms with Crippen molar-refractivity contribution in [1.82, 2.24) is 14.7 Å². The number of carbonyl (C=O) groups is 3. The third-order valence-corrected chi connectivity index (χ3v) is 5.32. The quantitative estimate of drug-likeness (QED) is 0.456. The summed E-state index contributed by atoms with van der Waals surface area (Å²) in [5.74, 6) is 0.0715. The minimum Gasteiger partial charge on any atom is -0.483 e. The molecule has 31 heavy (non-hydrogen) atoms. The molecule has 0 unspecified atom stereocenters. The Morgan fingerprint density at radius 2 is 1.48 bits per heavy atom. The maximum Gasteiger partial charge on any atom is 0.290 e. The second kappa shape index (κ2) is 16.2. The van der Waals surface area contributed by atoms with E-state index >= 15 is 0 Å². The lowest BCUT2D eigenvalue weighted by Gasteiger charge is -2.42. The molecule has 1 aromatic carbocycles. The lowest BCUT2D eigenvalue weighted by molar-refractivity contribution is -0.123. The van der Waals surface area contributed by atoms with E-state index in [0.717, 1.165) is 64.3 Å². The number of para-hydroxylation sites is 1. The summed E-state index contributed by atoms with van der Waals surface area (Å²) in [6, 6.07) is 10.3. The van der Waals surface area contributed by atoms with Crippen LogP contribution in [0.5, 0.6) is 0 Å². The van der Waals surface area contributed by atoms with Crippen LogP contribution in [-0.4, -0.2) is 114 Å². The number of piperazine rings is 1. The molecule has 2 saturated heterocycles. The van der Waals surface area contributed by atoms with Crippen LogP contribution in [0.2, 0.25) is 0 Å². The number of likely N-dealkylation sites (tertiary alicyclic amines) is 1. The largest absolute Gasteiger partial charge is 0.483 e. The molecule has 0 aromatic heterocycles. The van der Waals surface area contributed by atoms with Crippen LogP contribution in [0.15, 0.2) is 30.3 Å². The smallest absolute Gasteiger partial charge is 0.290 e. The van der Waals surface area contributed by atoms with Crippen molar-refractivity contribution in [2.45, 2.75) is 18.9 Å². The highest BCUT2D eigenvalue weighted by molar-refractivity contribution is 5.92. The highest BCUT2D eigenvalue weighted by Gasteiger charge is 2.27. The first-order valence-corrected chi connectivity index (χ1v) is 10.4. The van der Waals surface area contributed by atoms with E-state index in [-0.39, 0.29) is 25.5 Å². The van der Waals surface area contributed by atoms with E-state index in [2.05, 4.69) is 20.0 Å². The second-order valence-electron chi connectivity index (χ2n) is 7.23. The number of rotatable bonds is 6. The Labute approximate surface area is 183 Å². The maximum atomic E-state index is 12.2. The average Bonchev–Trinajstić information content (AvgIpc) is 2.77. The number of nitrogens with zero attached hydrogens (tertiary/aromatic N) is 3. The first kappa shape index (κ1) is 26.5. The van der Waals surface area contributed by atoms with Gasteiger partial charge < -0.3 is 20.6 Å². The van der Waals surface area contributed by atoms with Crippen LogP contribution in [0.1, 0.15) is 12.8 Å². The monoisotopic (exact) mass is 438 g/mol. The summed E-state index contributed by atoms with van der Waals surface area (Å²) in [6.45, 7) is 7.31. The molecule has 3 rings (SSSR count). The van der Waals surface area contributed by atoms with Gasteiger partial charge in [-0.25, -0.2) is 0 Å². The number of carbonyl (C=O) groups excluding carboxylic acids is 1. The molecule has 0 bridgehead atoms. The van der Waals surface area contributed by atoms with Crippen LogP contribution in [0.25, 0.3) is 0 Å². The molecule has 4 N–H and O–H groups in total. The van der Waals surface area contributed by atoms with E-state index in [0.29, 0.717) is 12.6 Å². The van der Waals surface area contributed by atoms with Crippen LogP contribution in [0, 0.1) is 0 Å². The van der Waals surface area contributed by atoms with Gasteiger partial charge in [-0.05, 0) is 25.0 Å². The number of hydrogen-bond donors (Lipinski definition) is 4. The normalized spacial score (nSPS) is 18.0. The highest BCUT2D eigenvalue weighted by atomic mass is 16.3. The molecule has 2 aliphatic rings. The van der Waals surface area contributed by atoms with Crippen molar-refractivity contribution in [2.75, 3.05) is 64.3 Å². The highest BCUT2D eigenvalue weighted by Crippen LogP contribution is 2.18. The number of hydrogen-bond acceptors (Lipinski definition) is 7. The Balaban J connectivity index is 0.000000720. The standard InChI is InChI=1S/C19H30N4O2.2CH2O2/c24-15-14-21-10-12-23(13-11-21)18-6-8-22(9-7-18)16-19(25)20-17-4-2-1-3-5-17;2*2-1-3/h1-5,18,24H,6-16H2,(H,20,25);2*1H,(H,2,3). The lowest BCUT2D eigenvalue weighted by Crippen LogP contribution is -2.54. The zero-order valence-corrected chi connectivity index (χ0v) is 17.8. The summed E-state index contributed by atoms with van der Waals surface area (Å²) in [6.07, 6.45) is 2.28. The lowest BCUT2D eigenvalue weighted by atomic mass is 10.0. The van der Waals surface area contributed by atoms with Gasteiger partial charge in [0.1, 0.15) is 0 Å². The number of aliphatic hydroxyl groups excluding tert-OH is 1. The van der Waals surface area contributed by atoms with Crippen LogP contribution in [0.4, 0.5) is 5.69 Å². The predicted octanol–water partition coefficient (Wildman–Crippen LogP) is 0.101. The number of piperidine rings is 1. The molecule has 10 nitrogen and oxygen atoms in total. The van der Waals surface area contributed by atoms with Gasteiger partial charge in [-0.2, -0.15) is 0 Å². The van der Waals surface area contributed by atoms with E-state index in [9.17, 15) is 4.79 Å². The molecule has 0 spiro atoms. The van der Waals surface area contributed by atoms with E-state index in [1.54, 1.807) is 0 Å². The molecule has 2 heterocycles. The van der Waals surface area contributed by atoms with Crippen LogP contribution in [-0.2, 0) is 14.4 Å². The SMILES string of the molecule is O=C(CN1CCC(N2CCN(CCO)CC2)CC1)Nc1ccccc1.O=CO.O=CO. The fourth-order valence-electron chi connectivity index (χ4n) is 3.86. The molecule has 0 aliphatic carbocycles. The number of benzene rings is 1. The first-order valence-electron chi connectivity index (χ1n) is 10.4. The van der Waals surface area contributed by atoms with Crippen molar-refractivity contribution in [3.63, 3.8) is 0 Å². The Kier molecular flexibility index (Phi) is 13.9. The topological polar surface area (TPSA) is 134 Å². The van der Waals surface area contributed by atoms with Crippen molar-refractivity contribution in [1.29, 1.82) is 0 Å². The van der Waals surface area contributed by atoms with Crippen molar-refractivity contribution in [3.8, 4) is 0 Å². The Morgan fingerprint density at radius 1 is 0.935 bits per heavy atom. The minimum absolute atomic E-state index is 0.0715. The minimum atomic E-state index is -0.250. The summed E-state index contributed by atoms with van der Waals surface area (Å²) >= 11 is 0. The molecule has 2 fully saturated rings. The van der Waals surface area contributed by atoms with Gasteiger partial charge in [0.05, 0.1) is 13.2 Å². The number of amides is 1. The predicted molar refractivity (Wildman–Crippen MR) is 117 cm³/mol. The van der Waals surface area contributed by atoms with Crippen molar-refractivity contribution >= 4 is 24.5 Å². The summed E-state index contributed by atoms with van der Waals surface area (Å²) in [5.41, 5.74) is 0.864. The van der Waals surface area contributed by atoms with Gasteiger partial charge in [-0.1, -0.05) is 18.2 Å². The van der Waals surface area contributed by atoms with Crippen molar-refractivity contribution in [3.05, 3.63) is 30.3 Å². The number of β-amino-alcohol motifs (C(OH)–C–C–N with tert-alkyl or cyclic N) is 1. The van der Waals surface area contributed by atoms with Gasteiger partial charge >= 0.3 is 0 Å². The van der Waals surface area contributed by atoms with Crippen molar-refractivity contribution in [2.24, 2.45) is 0 Å². The number of aliphatic hydroxyl groups is 1. The van der Waals surface area contributed by atoms with E-state index in [1.165, 1.54) is 0 Å². The number of anilines is 1. The molecule has 0 radical (unpaired) electrons. The maximum absolute atomic E-state index is 12.2. The Bertz CT molecular complexity index is 612. The summed E-state index contributed by atoms with van der Waals surface area (Å²) in [4.78, 5) is 36.1. The molecule has 0 atom stereocenters. The average molecular weight is 439 g/mol. The second-order valence-corrected chi connectivity index (χ2v) is 7.23. The van der Waals surface area contributed by atoms with Gasteiger partial charge in [0, 0.05) is 57.5 Å². The van der Waals surface area contributed by atoms with E-state index in [1.807, 2.05) is 30.3 Å². The van der Waals surface area contributed by atoms with E-state index in [4.69, 9.17) is 24.9 Å². The summed E-state index contributed by atoms with van der Waals surface area (Å²) in [7, 11) is 0. The van der Waals surface area contributed by atoms with Gasteiger partial charge in [0.25, 0.3) is 12.9 Å². The van der Waals surface area contributed by atoms with Gasteiger partial charge in [0.2, 0.25) is 5.91 Å². The Hall–Kier alpha value is -2.53. The first-order chi connectivity index (χ1) is 15.1. The molecular weight excluding hydrogens is 404 g/mol. The van der Waals surface area contributed by atoms with Crippen LogP contribution < -0.4 is 5.32 Å². The fourth-order valence-corrected chi connectivity index (χ4v) is 3.86. The molecule has 10 heteroatoms. The zero-order valence-electron chi connectivity index (χ0n) is 17.8. The third kappa shape index (κ3) is 10.9. The molecule has 2 aliphatic heterocycles. The summed E-state index contributed by atoms with van der Waals surface area (Å²) in [5, 5.41) is 25.8.